The Balaban J connectivity index is 2.69. The van der Waals surface area contributed by atoms with E-state index in [1.807, 2.05) is 13.1 Å². The Morgan fingerprint density at radius 2 is 2.67 bits per heavy atom. The third kappa shape index (κ3) is 1.28. The van der Waals surface area contributed by atoms with Gasteiger partial charge in [0.05, 0.1) is 12.2 Å². The van der Waals surface area contributed by atoms with Gasteiger partial charge in [0.25, 0.3) is 0 Å². The smallest absolute Gasteiger partial charge is 0.0532 e. The third-order valence-corrected chi connectivity index (χ3v) is 1.21. The maximum Gasteiger partial charge on any atom is 0.0532 e. The van der Waals surface area contributed by atoms with Crippen LogP contribution in [0.3, 0.4) is 0 Å². The molecule has 0 spiro atoms. The topological polar surface area (TPSA) is 55.9 Å². The first-order valence-corrected chi connectivity index (χ1v) is 2.75. The summed E-state index contributed by atoms with van der Waals surface area (Å²) in [6.07, 6.45) is 1.74. The molecule has 4 heteroatoms. The fraction of sp³-hybridized carbons (Fsp3) is 0.400. The molecule has 0 saturated carbocycles. The van der Waals surface area contributed by atoms with Crippen LogP contribution < -0.4 is 11.3 Å². The molecule has 1 aromatic rings. The molecule has 1 aromatic heterocycles. The molecule has 0 fully saturated rings. The predicted molar refractivity (Wildman–Crippen MR) is 34.2 cm³/mol. The zero-order chi connectivity index (χ0) is 6.69. The first-order valence-electron chi connectivity index (χ1n) is 2.75. The predicted octanol–water partition coefficient (Wildman–Crippen LogP) is -0.617. The van der Waals surface area contributed by atoms with Gasteiger partial charge < -0.3 is 0 Å². The van der Waals surface area contributed by atoms with Crippen molar-refractivity contribution in [1.29, 1.82) is 0 Å². The average Bonchev–Trinajstić information content (AvgIpc) is 2.18. The molecule has 0 atom stereocenters. The second kappa shape index (κ2) is 2.61. The molecular formula is C5H10N4. The second-order valence-corrected chi connectivity index (χ2v) is 1.83. The lowest BCUT2D eigenvalue weighted by Gasteiger charge is -1.97. The van der Waals surface area contributed by atoms with E-state index in [9.17, 15) is 0 Å². The fourth-order valence-corrected chi connectivity index (χ4v) is 0.679. The van der Waals surface area contributed by atoms with Crippen LogP contribution >= 0.6 is 0 Å². The Morgan fingerprint density at radius 1 is 1.89 bits per heavy atom. The molecule has 50 valence electrons. The minimum Gasteiger partial charge on any atom is -0.271 e. The molecule has 0 radical (unpaired) electrons. The first-order chi connectivity index (χ1) is 4.34. The van der Waals surface area contributed by atoms with Crippen molar-refractivity contribution in [3.8, 4) is 0 Å². The van der Waals surface area contributed by atoms with Crippen LogP contribution in [0.25, 0.3) is 0 Å². The molecule has 0 unspecified atom stereocenters. The molecule has 0 saturated heterocycles. The van der Waals surface area contributed by atoms with Crippen molar-refractivity contribution in [3.63, 3.8) is 0 Å². The van der Waals surface area contributed by atoms with Crippen LogP contribution in [0.15, 0.2) is 12.3 Å². The lowest BCUT2D eigenvalue weighted by molar-refractivity contribution is 0.646. The number of hydrogen-bond acceptors (Lipinski definition) is 3. The Bertz CT molecular complexity index is 181. The summed E-state index contributed by atoms with van der Waals surface area (Å²) in [5.74, 6) is 5.10. The zero-order valence-electron chi connectivity index (χ0n) is 5.33. The Kier molecular flexibility index (Phi) is 1.81. The van der Waals surface area contributed by atoms with E-state index in [4.69, 9.17) is 5.84 Å². The van der Waals surface area contributed by atoms with Crippen LogP contribution in [0.4, 0.5) is 0 Å². The molecule has 4 nitrogen and oxygen atoms in total. The molecule has 1 heterocycles. The molecule has 0 aromatic carbocycles. The number of rotatable bonds is 2. The van der Waals surface area contributed by atoms with Crippen molar-refractivity contribution in [2.75, 3.05) is 0 Å². The van der Waals surface area contributed by atoms with E-state index in [0.29, 0.717) is 6.54 Å². The van der Waals surface area contributed by atoms with Crippen molar-refractivity contribution in [2.45, 2.75) is 6.54 Å². The SMILES string of the molecule is Cn1nccc1CNN. The first kappa shape index (κ1) is 6.25. The monoisotopic (exact) mass is 126 g/mol. The number of aromatic nitrogens is 2. The van der Waals surface area contributed by atoms with Crippen molar-refractivity contribution in [2.24, 2.45) is 12.9 Å². The second-order valence-electron chi connectivity index (χ2n) is 1.83. The highest BCUT2D eigenvalue weighted by molar-refractivity contribution is 4.98. The van der Waals surface area contributed by atoms with E-state index in [1.54, 1.807) is 10.9 Å². The highest BCUT2D eigenvalue weighted by Gasteiger charge is 1.93. The lowest BCUT2D eigenvalue weighted by Crippen LogP contribution is -2.22. The Hall–Kier alpha value is -0.870. The largest absolute Gasteiger partial charge is 0.271 e. The molecular weight excluding hydrogens is 116 g/mol. The van der Waals surface area contributed by atoms with Gasteiger partial charge in [-0.25, -0.2) is 0 Å². The van der Waals surface area contributed by atoms with Gasteiger partial charge in [-0.1, -0.05) is 0 Å². The number of aryl methyl sites for hydroxylation is 1. The minimum atomic E-state index is 0.663. The standard InChI is InChI=1S/C5H10N4/c1-9-5(4-7-6)2-3-8-9/h2-3,7H,4,6H2,1H3. The molecule has 0 aliphatic heterocycles. The van der Waals surface area contributed by atoms with Gasteiger partial charge in [0, 0.05) is 13.2 Å². The van der Waals surface area contributed by atoms with Gasteiger partial charge in [-0.05, 0) is 6.07 Å². The van der Waals surface area contributed by atoms with Gasteiger partial charge in [-0.3, -0.25) is 16.0 Å². The van der Waals surface area contributed by atoms with Crippen LogP contribution in [-0.2, 0) is 13.6 Å². The van der Waals surface area contributed by atoms with Crippen molar-refractivity contribution < 1.29 is 0 Å². The maximum atomic E-state index is 5.10. The van der Waals surface area contributed by atoms with Crippen LogP contribution in [0.2, 0.25) is 0 Å². The highest BCUT2D eigenvalue weighted by atomic mass is 15.3. The molecule has 0 aliphatic rings. The van der Waals surface area contributed by atoms with Crippen LogP contribution in [0.5, 0.6) is 0 Å². The Morgan fingerprint density at radius 3 is 3.11 bits per heavy atom. The van der Waals surface area contributed by atoms with E-state index < -0.39 is 0 Å². The van der Waals surface area contributed by atoms with E-state index in [-0.39, 0.29) is 0 Å². The fourth-order valence-electron chi connectivity index (χ4n) is 0.679. The van der Waals surface area contributed by atoms with E-state index in [0.717, 1.165) is 5.69 Å². The van der Waals surface area contributed by atoms with Gasteiger partial charge in [0.2, 0.25) is 0 Å². The Labute approximate surface area is 53.6 Å². The normalized spacial score (nSPS) is 10.0. The van der Waals surface area contributed by atoms with Crippen LogP contribution in [0, 0.1) is 0 Å². The van der Waals surface area contributed by atoms with Crippen molar-refractivity contribution in [1.82, 2.24) is 15.2 Å². The third-order valence-electron chi connectivity index (χ3n) is 1.21. The number of nitrogens with two attached hydrogens (primary N) is 1. The summed E-state index contributed by atoms with van der Waals surface area (Å²) in [7, 11) is 1.88. The lowest BCUT2D eigenvalue weighted by atomic mass is 10.4. The molecule has 0 aliphatic carbocycles. The minimum absolute atomic E-state index is 0.663. The summed E-state index contributed by atoms with van der Waals surface area (Å²) in [4.78, 5) is 0. The average molecular weight is 126 g/mol. The maximum absolute atomic E-state index is 5.10. The van der Waals surface area contributed by atoms with Crippen molar-refractivity contribution >= 4 is 0 Å². The summed E-state index contributed by atoms with van der Waals surface area (Å²) in [5.41, 5.74) is 3.63. The molecule has 0 amide bonds. The van der Waals surface area contributed by atoms with E-state index in [1.165, 1.54) is 0 Å². The molecule has 3 N–H and O–H groups in total. The van der Waals surface area contributed by atoms with Gasteiger partial charge in [0.1, 0.15) is 0 Å². The number of hydrogen-bond donors (Lipinski definition) is 2. The van der Waals surface area contributed by atoms with E-state index >= 15 is 0 Å². The van der Waals surface area contributed by atoms with Crippen LogP contribution in [0.1, 0.15) is 5.69 Å². The number of nitrogens with one attached hydrogen (secondary N) is 1. The summed E-state index contributed by atoms with van der Waals surface area (Å²) in [5, 5.41) is 3.96. The van der Waals surface area contributed by atoms with Gasteiger partial charge in [0.15, 0.2) is 0 Å². The number of nitrogens with zero attached hydrogens (tertiary/aromatic N) is 2. The quantitative estimate of drug-likeness (QED) is 0.410. The summed E-state index contributed by atoms with van der Waals surface area (Å²) in [6.45, 7) is 0.663. The van der Waals surface area contributed by atoms with Crippen LogP contribution in [-0.4, -0.2) is 9.78 Å². The molecule has 9 heavy (non-hydrogen) atoms. The summed E-state index contributed by atoms with van der Waals surface area (Å²) >= 11 is 0. The summed E-state index contributed by atoms with van der Waals surface area (Å²) in [6, 6.07) is 1.92. The van der Waals surface area contributed by atoms with Gasteiger partial charge in [-0.15, -0.1) is 0 Å². The van der Waals surface area contributed by atoms with E-state index in [2.05, 4.69) is 10.5 Å². The molecule has 1 rings (SSSR count). The summed E-state index contributed by atoms with van der Waals surface area (Å²) < 4.78 is 1.78. The zero-order valence-corrected chi connectivity index (χ0v) is 5.33. The highest BCUT2D eigenvalue weighted by Crippen LogP contribution is 1.92. The van der Waals surface area contributed by atoms with Gasteiger partial charge in [-0.2, -0.15) is 5.10 Å². The number of hydrazine groups is 1. The molecule has 0 bridgehead atoms. The van der Waals surface area contributed by atoms with Crippen molar-refractivity contribution in [3.05, 3.63) is 18.0 Å². The van der Waals surface area contributed by atoms with Gasteiger partial charge >= 0.3 is 0 Å².